The highest BCUT2D eigenvalue weighted by atomic mass is 32.2. The number of carboxylic acid groups (broad SMARTS) is 1. The Kier molecular flexibility index (Phi) is 3.72. The van der Waals surface area contributed by atoms with E-state index in [-0.39, 0.29) is 5.56 Å². The Morgan fingerprint density at radius 3 is 3.00 bits per heavy atom. The van der Waals surface area contributed by atoms with Crippen LogP contribution in [-0.2, 0) is 5.75 Å². The van der Waals surface area contributed by atoms with Crippen LogP contribution >= 0.6 is 11.8 Å². The molecule has 1 saturated carbocycles. The second-order valence-electron chi connectivity index (χ2n) is 4.74. The normalized spacial score (nSPS) is 15.8. The predicted octanol–water partition coefficient (Wildman–Crippen LogP) is 2.37. The minimum atomic E-state index is -0.985. The first-order valence-corrected chi connectivity index (χ1v) is 7.44. The van der Waals surface area contributed by atoms with Gasteiger partial charge in [-0.2, -0.15) is 0 Å². The van der Waals surface area contributed by atoms with Crippen LogP contribution in [0.2, 0.25) is 0 Å². The third kappa shape index (κ3) is 2.69. The fraction of sp³-hybridized carbons (Fsp3) is 0.500. The van der Waals surface area contributed by atoms with E-state index >= 15 is 0 Å². The number of furan rings is 1. The smallest absolute Gasteiger partial charge is 0.338 e. The summed E-state index contributed by atoms with van der Waals surface area (Å²) in [5, 5.41) is 21.4. The van der Waals surface area contributed by atoms with Crippen molar-refractivity contribution >= 4 is 17.7 Å². The summed E-state index contributed by atoms with van der Waals surface area (Å²) in [5.74, 6) is 0.134. The molecule has 0 radical (unpaired) electrons. The van der Waals surface area contributed by atoms with E-state index in [1.807, 2.05) is 4.68 Å². The number of carbonyl (C=O) groups is 1. The monoisotopic (exact) mass is 294 g/mol. The van der Waals surface area contributed by atoms with Crippen LogP contribution in [0.4, 0.5) is 0 Å². The maximum absolute atomic E-state index is 10.8. The van der Waals surface area contributed by atoms with Crippen molar-refractivity contribution in [2.75, 3.05) is 0 Å². The van der Waals surface area contributed by atoms with Gasteiger partial charge in [0.15, 0.2) is 0 Å². The second kappa shape index (κ2) is 5.66. The molecule has 0 aromatic carbocycles. The first-order valence-electron chi connectivity index (χ1n) is 6.45. The van der Waals surface area contributed by atoms with Crippen LogP contribution < -0.4 is 0 Å². The van der Waals surface area contributed by atoms with Crippen LogP contribution in [-0.4, -0.2) is 31.3 Å². The summed E-state index contributed by atoms with van der Waals surface area (Å²) in [5.41, 5.74) is 0.163. The number of nitrogens with zero attached hydrogens (tertiary/aromatic N) is 4. The lowest BCUT2D eigenvalue weighted by molar-refractivity contribution is 0.0696. The van der Waals surface area contributed by atoms with Crippen molar-refractivity contribution in [3.63, 3.8) is 0 Å². The Balaban J connectivity index is 1.66. The number of hydrogen-bond donors (Lipinski definition) is 1. The number of hydrogen-bond acceptors (Lipinski definition) is 6. The zero-order chi connectivity index (χ0) is 13.9. The van der Waals surface area contributed by atoms with Gasteiger partial charge in [-0.3, -0.25) is 0 Å². The van der Waals surface area contributed by atoms with Crippen LogP contribution in [0.5, 0.6) is 0 Å². The van der Waals surface area contributed by atoms with E-state index in [0.717, 1.165) is 18.0 Å². The first kappa shape index (κ1) is 13.2. The zero-order valence-corrected chi connectivity index (χ0v) is 11.5. The fourth-order valence-corrected chi connectivity index (χ4v) is 3.20. The molecule has 0 atom stereocenters. The number of carboxylic acids is 1. The van der Waals surface area contributed by atoms with Gasteiger partial charge in [0.05, 0.1) is 17.4 Å². The second-order valence-corrected chi connectivity index (χ2v) is 5.68. The van der Waals surface area contributed by atoms with Crippen molar-refractivity contribution < 1.29 is 14.3 Å². The van der Waals surface area contributed by atoms with E-state index in [1.54, 1.807) is 0 Å². The summed E-state index contributed by atoms with van der Waals surface area (Å²) in [7, 11) is 0. The Morgan fingerprint density at radius 1 is 1.50 bits per heavy atom. The Hall–Kier alpha value is -1.83. The van der Waals surface area contributed by atoms with Crippen LogP contribution in [0.25, 0.3) is 0 Å². The van der Waals surface area contributed by atoms with Gasteiger partial charge in [-0.05, 0) is 29.3 Å². The molecule has 1 aliphatic rings. The highest BCUT2D eigenvalue weighted by Gasteiger charge is 2.21. The Labute approximate surface area is 119 Å². The van der Waals surface area contributed by atoms with Crippen molar-refractivity contribution in [3.05, 3.63) is 23.7 Å². The topological polar surface area (TPSA) is 94.0 Å². The average molecular weight is 294 g/mol. The lowest BCUT2D eigenvalue weighted by atomic mass is 10.3. The molecule has 2 aromatic rings. The van der Waals surface area contributed by atoms with Gasteiger partial charge in [0.25, 0.3) is 0 Å². The average Bonchev–Trinajstić information content (AvgIpc) is 3.17. The number of aromatic carboxylic acids is 1. The summed E-state index contributed by atoms with van der Waals surface area (Å²) in [6.45, 7) is 0. The van der Waals surface area contributed by atoms with E-state index in [4.69, 9.17) is 9.52 Å². The van der Waals surface area contributed by atoms with Gasteiger partial charge in [-0.25, -0.2) is 9.48 Å². The van der Waals surface area contributed by atoms with Crippen molar-refractivity contribution in [3.8, 4) is 0 Å². The fourth-order valence-electron chi connectivity index (χ4n) is 2.36. The summed E-state index contributed by atoms with van der Waals surface area (Å²) < 4.78 is 7.08. The third-order valence-electron chi connectivity index (χ3n) is 3.38. The number of rotatable bonds is 5. The predicted molar refractivity (Wildman–Crippen MR) is 70.6 cm³/mol. The van der Waals surface area contributed by atoms with Crippen molar-refractivity contribution in [2.24, 2.45) is 0 Å². The highest BCUT2D eigenvalue weighted by molar-refractivity contribution is 7.98. The number of thioether (sulfide) groups is 1. The quantitative estimate of drug-likeness (QED) is 0.846. The molecule has 2 heterocycles. The minimum absolute atomic E-state index is 0.163. The van der Waals surface area contributed by atoms with Crippen LogP contribution in [0, 0.1) is 0 Å². The van der Waals surface area contributed by atoms with E-state index in [0.29, 0.717) is 17.6 Å². The molecule has 0 unspecified atom stereocenters. The molecule has 0 aliphatic heterocycles. The molecule has 0 spiro atoms. The van der Waals surface area contributed by atoms with Crippen molar-refractivity contribution in [2.45, 2.75) is 42.6 Å². The molecule has 3 rings (SSSR count). The standard InChI is InChI=1S/C12H14N4O3S/c17-11(18)8-5-10(19-6-8)7-20-12-13-14-15-16(12)9-3-1-2-4-9/h5-6,9H,1-4,7H2,(H,17,18). The van der Waals surface area contributed by atoms with Crippen LogP contribution in [0.1, 0.15) is 47.8 Å². The van der Waals surface area contributed by atoms with Crippen LogP contribution in [0.3, 0.4) is 0 Å². The summed E-state index contributed by atoms with van der Waals surface area (Å²) in [4.78, 5) is 10.8. The van der Waals surface area contributed by atoms with Crippen LogP contribution in [0.15, 0.2) is 21.9 Å². The molecular weight excluding hydrogens is 280 g/mol. The van der Waals surface area contributed by atoms with E-state index in [2.05, 4.69) is 15.5 Å². The molecule has 8 heteroatoms. The van der Waals surface area contributed by atoms with E-state index in [1.165, 1.54) is 36.9 Å². The Morgan fingerprint density at radius 2 is 2.30 bits per heavy atom. The Bertz CT molecular complexity index is 603. The summed E-state index contributed by atoms with van der Waals surface area (Å²) >= 11 is 1.46. The SMILES string of the molecule is O=C(O)c1coc(CSc2nnnn2C2CCCC2)c1. The summed E-state index contributed by atoms with van der Waals surface area (Å²) in [6, 6.07) is 1.91. The number of tetrazole rings is 1. The maximum atomic E-state index is 10.8. The van der Waals surface area contributed by atoms with Crippen molar-refractivity contribution in [1.29, 1.82) is 0 Å². The number of aromatic nitrogens is 4. The van der Waals surface area contributed by atoms with Gasteiger partial charge in [0.2, 0.25) is 5.16 Å². The van der Waals surface area contributed by atoms with E-state index in [9.17, 15) is 4.79 Å². The van der Waals surface area contributed by atoms with Crippen molar-refractivity contribution in [1.82, 2.24) is 20.2 Å². The maximum Gasteiger partial charge on any atom is 0.338 e. The highest BCUT2D eigenvalue weighted by Crippen LogP contribution is 2.32. The summed E-state index contributed by atoms with van der Waals surface area (Å²) in [6.07, 6.45) is 5.91. The molecule has 2 aromatic heterocycles. The lowest BCUT2D eigenvalue weighted by Gasteiger charge is -2.10. The minimum Gasteiger partial charge on any atom is -0.478 e. The molecule has 7 nitrogen and oxygen atoms in total. The molecule has 106 valence electrons. The molecule has 1 N–H and O–H groups in total. The molecule has 1 fully saturated rings. The van der Waals surface area contributed by atoms with Gasteiger partial charge in [0, 0.05) is 0 Å². The van der Waals surface area contributed by atoms with Gasteiger partial charge in [-0.15, -0.1) is 5.10 Å². The zero-order valence-electron chi connectivity index (χ0n) is 10.7. The molecule has 20 heavy (non-hydrogen) atoms. The molecular formula is C12H14N4O3S. The van der Waals surface area contributed by atoms with Gasteiger partial charge in [0.1, 0.15) is 12.0 Å². The lowest BCUT2D eigenvalue weighted by Crippen LogP contribution is -2.08. The molecule has 0 saturated heterocycles. The molecule has 1 aliphatic carbocycles. The van der Waals surface area contributed by atoms with Gasteiger partial charge in [-0.1, -0.05) is 24.6 Å². The third-order valence-corrected chi connectivity index (χ3v) is 4.33. The molecule has 0 amide bonds. The molecule has 0 bridgehead atoms. The van der Waals surface area contributed by atoms with E-state index < -0.39 is 5.97 Å². The van der Waals surface area contributed by atoms with Gasteiger partial charge < -0.3 is 9.52 Å². The largest absolute Gasteiger partial charge is 0.478 e. The first-order chi connectivity index (χ1) is 9.74. The van der Waals surface area contributed by atoms with Gasteiger partial charge >= 0.3 is 5.97 Å².